The second-order valence-corrected chi connectivity index (χ2v) is 8.85. The first-order valence-electron chi connectivity index (χ1n) is 9.26. The highest BCUT2D eigenvalue weighted by Crippen LogP contribution is 2.17. The van der Waals surface area contributed by atoms with Gasteiger partial charge in [0.15, 0.2) is 0 Å². The molecule has 0 spiro atoms. The predicted octanol–water partition coefficient (Wildman–Crippen LogP) is 3.82. The Bertz CT molecular complexity index is 768. The van der Waals surface area contributed by atoms with Crippen molar-refractivity contribution in [2.24, 2.45) is 5.92 Å². The summed E-state index contributed by atoms with van der Waals surface area (Å²) in [5.41, 5.74) is 1.21. The zero-order valence-electron chi connectivity index (χ0n) is 15.4. The number of aromatic nitrogens is 1. The summed E-state index contributed by atoms with van der Waals surface area (Å²) < 4.78 is 27.0. The van der Waals surface area contributed by atoms with Crippen molar-refractivity contribution in [1.82, 2.24) is 9.71 Å². The van der Waals surface area contributed by atoms with E-state index in [0.29, 0.717) is 11.6 Å². The van der Waals surface area contributed by atoms with Crippen LogP contribution >= 0.6 is 11.6 Å². The van der Waals surface area contributed by atoms with Crippen molar-refractivity contribution in [2.75, 3.05) is 13.2 Å². The highest BCUT2D eigenvalue weighted by Gasteiger charge is 2.13. The number of nitrogens with one attached hydrogen (secondary N) is 1. The number of halogens is 1. The summed E-state index contributed by atoms with van der Waals surface area (Å²) in [5, 5.41) is 10.1. The van der Waals surface area contributed by atoms with E-state index in [1.54, 1.807) is 18.3 Å². The standard InChI is InChI=1S/C20H27ClN2O3S/c21-19-9-11-20(12-10-19)27(25,26)23-14-2-1-5-18(16-24)7-3-6-17-8-4-13-22-15-17/h4,8-13,15,18,23-24H,1-3,5-7,14,16H2. The largest absolute Gasteiger partial charge is 0.396 e. The first-order valence-corrected chi connectivity index (χ1v) is 11.1. The maximum absolute atomic E-state index is 12.2. The lowest BCUT2D eigenvalue weighted by molar-refractivity contribution is 0.205. The lowest BCUT2D eigenvalue weighted by Gasteiger charge is -2.14. The van der Waals surface area contributed by atoms with Gasteiger partial charge in [0.2, 0.25) is 10.0 Å². The van der Waals surface area contributed by atoms with Crippen LogP contribution in [0.5, 0.6) is 0 Å². The molecular formula is C20H27ClN2O3S. The quantitative estimate of drug-likeness (QED) is 0.521. The molecule has 1 unspecified atom stereocenters. The van der Waals surface area contributed by atoms with Crippen LogP contribution < -0.4 is 4.72 Å². The van der Waals surface area contributed by atoms with Crippen molar-refractivity contribution in [2.45, 2.75) is 43.4 Å². The average molecular weight is 411 g/mol. The van der Waals surface area contributed by atoms with E-state index in [1.807, 2.05) is 12.3 Å². The molecule has 0 saturated carbocycles. The highest BCUT2D eigenvalue weighted by atomic mass is 35.5. The number of aliphatic hydroxyl groups is 1. The Morgan fingerprint density at radius 2 is 1.81 bits per heavy atom. The van der Waals surface area contributed by atoms with Crippen LogP contribution in [-0.4, -0.2) is 31.7 Å². The maximum atomic E-state index is 12.2. The summed E-state index contributed by atoms with van der Waals surface area (Å²) in [4.78, 5) is 4.32. The molecule has 0 aliphatic rings. The van der Waals surface area contributed by atoms with Crippen molar-refractivity contribution in [3.63, 3.8) is 0 Å². The van der Waals surface area contributed by atoms with Crippen LogP contribution in [0.2, 0.25) is 5.02 Å². The van der Waals surface area contributed by atoms with Gasteiger partial charge in [0.25, 0.3) is 0 Å². The van der Waals surface area contributed by atoms with E-state index >= 15 is 0 Å². The molecule has 0 fully saturated rings. The van der Waals surface area contributed by atoms with Crippen LogP contribution in [0.25, 0.3) is 0 Å². The van der Waals surface area contributed by atoms with Gasteiger partial charge in [-0.1, -0.05) is 24.1 Å². The Labute approximate surface area is 166 Å². The minimum Gasteiger partial charge on any atom is -0.396 e. The van der Waals surface area contributed by atoms with E-state index in [-0.39, 0.29) is 17.4 Å². The number of nitrogens with zero attached hydrogens (tertiary/aromatic N) is 1. The van der Waals surface area contributed by atoms with E-state index in [0.717, 1.165) is 38.5 Å². The molecule has 1 atom stereocenters. The van der Waals surface area contributed by atoms with Crippen molar-refractivity contribution in [3.8, 4) is 0 Å². The summed E-state index contributed by atoms with van der Waals surface area (Å²) in [6, 6.07) is 10.1. The first-order chi connectivity index (χ1) is 13.0. The van der Waals surface area contributed by atoms with Crippen molar-refractivity contribution < 1.29 is 13.5 Å². The van der Waals surface area contributed by atoms with Gasteiger partial charge >= 0.3 is 0 Å². The van der Waals surface area contributed by atoms with E-state index in [2.05, 4.69) is 15.8 Å². The smallest absolute Gasteiger partial charge is 0.240 e. The minimum absolute atomic E-state index is 0.170. The van der Waals surface area contributed by atoms with E-state index in [9.17, 15) is 13.5 Å². The molecule has 0 bridgehead atoms. The van der Waals surface area contributed by atoms with Crippen LogP contribution in [0.4, 0.5) is 0 Å². The number of aryl methyl sites for hydroxylation is 1. The topological polar surface area (TPSA) is 79.3 Å². The number of benzene rings is 1. The fraction of sp³-hybridized carbons (Fsp3) is 0.450. The van der Waals surface area contributed by atoms with Gasteiger partial charge in [-0.15, -0.1) is 0 Å². The van der Waals surface area contributed by atoms with E-state index in [1.165, 1.54) is 17.7 Å². The van der Waals surface area contributed by atoms with E-state index in [4.69, 9.17) is 11.6 Å². The van der Waals surface area contributed by atoms with Crippen LogP contribution in [0.15, 0.2) is 53.7 Å². The highest BCUT2D eigenvalue weighted by molar-refractivity contribution is 7.89. The fourth-order valence-corrected chi connectivity index (χ4v) is 4.13. The van der Waals surface area contributed by atoms with Gasteiger partial charge in [-0.3, -0.25) is 4.98 Å². The number of pyridine rings is 1. The molecule has 1 aromatic heterocycles. The molecule has 0 amide bonds. The molecule has 2 rings (SSSR count). The number of hydrogen-bond donors (Lipinski definition) is 2. The van der Waals surface area contributed by atoms with Crippen molar-refractivity contribution in [1.29, 1.82) is 0 Å². The van der Waals surface area contributed by atoms with Crippen LogP contribution in [0, 0.1) is 5.92 Å². The van der Waals surface area contributed by atoms with Crippen LogP contribution in [-0.2, 0) is 16.4 Å². The lowest BCUT2D eigenvalue weighted by Crippen LogP contribution is -2.24. The molecule has 0 aliphatic carbocycles. The molecule has 2 N–H and O–H groups in total. The maximum Gasteiger partial charge on any atom is 0.240 e. The van der Waals surface area contributed by atoms with Crippen LogP contribution in [0.3, 0.4) is 0 Å². The molecule has 0 saturated heterocycles. The first kappa shape index (κ1) is 21.8. The molecule has 5 nitrogen and oxygen atoms in total. The average Bonchev–Trinajstić information content (AvgIpc) is 2.67. The molecule has 7 heteroatoms. The number of sulfonamides is 1. The third kappa shape index (κ3) is 7.97. The summed E-state index contributed by atoms with van der Waals surface area (Å²) in [5.74, 6) is 0.259. The summed E-state index contributed by atoms with van der Waals surface area (Å²) in [7, 11) is -3.49. The van der Waals surface area contributed by atoms with Crippen molar-refractivity contribution >= 4 is 21.6 Å². The fourth-order valence-electron chi connectivity index (χ4n) is 2.93. The van der Waals surface area contributed by atoms with Gasteiger partial charge in [0.1, 0.15) is 0 Å². The number of aliphatic hydroxyl groups excluding tert-OH is 1. The molecule has 1 aromatic carbocycles. The number of rotatable bonds is 12. The summed E-state index contributed by atoms with van der Waals surface area (Å²) in [6.07, 6.45) is 9.09. The molecule has 148 valence electrons. The molecule has 0 radical (unpaired) electrons. The van der Waals surface area contributed by atoms with E-state index < -0.39 is 10.0 Å². The third-order valence-corrected chi connectivity index (χ3v) is 6.24. The Morgan fingerprint density at radius 1 is 1.07 bits per heavy atom. The van der Waals surface area contributed by atoms with Gasteiger partial charge in [0.05, 0.1) is 4.90 Å². The summed E-state index contributed by atoms with van der Waals surface area (Å²) >= 11 is 5.78. The zero-order chi connectivity index (χ0) is 19.5. The molecular weight excluding hydrogens is 384 g/mol. The molecule has 1 heterocycles. The Balaban J connectivity index is 1.63. The molecule has 2 aromatic rings. The van der Waals surface area contributed by atoms with Gasteiger partial charge in [-0.05, 0) is 73.9 Å². The zero-order valence-corrected chi connectivity index (χ0v) is 16.9. The Hall–Kier alpha value is -1.47. The predicted molar refractivity (Wildman–Crippen MR) is 108 cm³/mol. The number of hydrogen-bond acceptors (Lipinski definition) is 4. The van der Waals surface area contributed by atoms with Gasteiger partial charge in [-0.25, -0.2) is 13.1 Å². The number of unbranched alkanes of at least 4 members (excludes halogenated alkanes) is 1. The normalized spacial score (nSPS) is 12.8. The Kier molecular flexibility index (Phi) is 9.21. The van der Waals surface area contributed by atoms with Crippen molar-refractivity contribution in [3.05, 3.63) is 59.4 Å². The third-order valence-electron chi connectivity index (χ3n) is 4.51. The Morgan fingerprint density at radius 3 is 2.48 bits per heavy atom. The lowest BCUT2D eigenvalue weighted by atomic mass is 9.95. The molecule has 27 heavy (non-hydrogen) atoms. The van der Waals surface area contributed by atoms with Crippen LogP contribution in [0.1, 0.15) is 37.7 Å². The summed E-state index contributed by atoms with van der Waals surface area (Å²) in [6.45, 7) is 0.558. The minimum atomic E-state index is -3.49. The second-order valence-electron chi connectivity index (χ2n) is 6.65. The van der Waals surface area contributed by atoms with Gasteiger partial charge in [0, 0.05) is 30.6 Å². The van der Waals surface area contributed by atoms with Gasteiger partial charge < -0.3 is 5.11 Å². The SMILES string of the molecule is O=S(=O)(NCCCCC(CO)CCCc1cccnc1)c1ccc(Cl)cc1. The molecule has 0 aliphatic heterocycles. The van der Waals surface area contributed by atoms with Gasteiger partial charge in [-0.2, -0.15) is 0 Å². The monoisotopic (exact) mass is 410 g/mol. The second kappa shape index (κ2) is 11.4.